The van der Waals surface area contributed by atoms with E-state index in [1.54, 1.807) is 18.2 Å². The SMILES string of the molecule is Cc1cc(O)ccc1C(=O)N1CCC2(CC1)CC(C)(O)CCO2. The van der Waals surface area contributed by atoms with Crippen LogP contribution < -0.4 is 0 Å². The summed E-state index contributed by atoms with van der Waals surface area (Å²) in [6.07, 6.45) is 2.82. The molecule has 2 saturated heterocycles. The van der Waals surface area contributed by atoms with Gasteiger partial charge >= 0.3 is 0 Å². The third-order valence-corrected chi connectivity index (χ3v) is 5.15. The summed E-state index contributed by atoms with van der Waals surface area (Å²) in [6.45, 7) is 5.55. The van der Waals surface area contributed by atoms with Crippen LogP contribution in [0.3, 0.4) is 0 Å². The van der Waals surface area contributed by atoms with Crippen LogP contribution in [0.5, 0.6) is 5.75 Å². The van der Waals surface area contributed by atoms with Gasteiger partial charge in [-0.1, -0.05) is 0 Å². The van der Waals surface area contributed by atoms with Crippen LogP contribution in [-0.2, 0) is 4.74 Å². The Labute approximate surface area is 136 Å². The number of aliphatic hydroxyl groups is 1. The van der Waals surface area contributed by atoms with Crippen molar-refractivity contribution in [2.24, 2.45) is 0 Å². The fourth-order valence-electron chi connectivity index (χ4n) is 3.82. The summed E-state index contributed by atoms with van der Waals surface area (Å²) in [5, 5.41) is 19.8. The highest BCUT2D eigenvalue weighted by Gasteiger charge is 2.45. The molecule has 0 radical (unpaired) electrons. The van der Waals surface area contributed by atoms with Gasteiger partial charge in [-0.25, -0.2) is 0 Å². The van der Waals surface area contributed by atoms with Gasteiger partial charge in [-0.2, -0.15) is 0 Å². The lowest BCUT2D eigenvalue weighted by atomic mass is 9.78. The molecule has 5 heteroatoms. The van der Waals surface area contributed by atoms with Crippen molar-refractivity contribution in [1.82, 2.24) is 4.90 Å². The number of aromatic hydroxyl groups is 1. The molecule has 5 nitrogen and oxygen atoms in total. The van der Waals surface area contributed by atoms with Gasteiger partial charge in [-0.15, -0.1) is 0 Å². The van der Waals surface area contributed by atoms with Crippen LogP contribution in [0.25, 0.3) is 0 Å². The van der Waals surface area contributed by atoms with Gasteiger partial charge in [0.15, 0.2) is 0 Å². The summed E-state index contributed by atoms with van der Waals surface area (Å²) >= 11 is 0. The van der Waals surface area contributed by atoms with Crippen LogP contribution in [0.2, 0.25) is 0 Å². The second-order valence-electron chi connectivity index (χ2n) is 7.25. The number of amides is 1. The van der Waals surface area contributed by atoms with E-state index in [9.17, 15) is 15.0 Å². The molecular formula is C18H25NO4. The van der Waals surface area contributed by atoms with Crippen molar-refractivity contribution in [3.8, 4) is 5.75 Å². The second kappa shape index (κ2) is 5.80. The predicted molar refractivity (Wildman–Crippen MR) is 86.5 cm³/mol. The molecule has 1 aromatic rings. The van der Waals surface area contributed by atoms with E-state index in [0.29, 0.717) is 38.1 Å². The number of phenols is 1. The minimum Gasteiger partial charge on any atom is -0.508 e. The first-order valence-electron chi connectivity index (χ1n) is 8.26. The number of hydrogen-bond acceptors (Lipinski definition) is 4. The third-order valence-electron chi connectivity index (χ3n) is 5.15. The molecule has 2 heterocycles. The summed E-state index contributed by atoms with van der Waals surface area (Å²) in [6, 6.07) is 4.84. The van der Waals surface area contributed by atoms with Gasteiger partial charge < -0.3 is 19.8 Å². The number of carbonyl (C=O) groups is 1. The van der Waals surface area contributed by atoms with E-state index in [-0.39, 0.29) is 17.3 Å². The average Bonchev–Trinajstić information content (AvgIpc) is 2.46. The van der Waals surface area contributed by atoms with Crippen molar-refractivity contribution in [2.45, 2.75) is 50.7 Å². The molecule has 2 N–H and O–H groups in total. The number of carbonyl (C=O) groups excluding carboxylic acids is 1. The molecule has 1 aromatic carbocycles. The van der Waals surface area contributed by atoms with E-state index < -0.39 is 5.60 Å². The Morgan fingerprint density at radius 3 is 2.57 bits per heavy atom. The van der Waals surface area contributed by atoms with Gasteiger partial charge in [-0.05, 0) is 56.9 Å². The summed E-state index contributed by atoms with van der Waals surface area (Å²) < 4.78 is 5.98. The van der Waals surface area contributed by atoms with Gasteiger partial charge in [0.1, 0.15) is 5.75 Å². The normalized spacial score (nSPS) is 27.2. The highest BCUT2D eigenvalue weighted by Crippen LogP contribution is 2.39. The maximum absolute atomic E-state index is 12.7. The Balaban J connectivity index is 1.68. The van der Waals surface area contributed by atoms with Gasteiger partial charge in [-0.3, -0.25) is 4.79 Å². The number of aryl methyl sites for hydroxylation is 1. The minimum absolute atomic E-state index is 0.0000744. The fraction of sp³-hybridized carbons (Fsp3) is 0.611. The molecule has 0 aromatic heterocycles. The summed E-state index contributed by atoms with van der Waals surface area (Å²) in [7, 11) is 0. The van der Waals surface area contributed by atoms with Crippen molar-refractivity contribution in [3.63, 3.8) is 0 Å². The number of nitrogens with zero attached hydrogens (tertiary/aromatic N) is 1. The molecule has 126 valence electrons. The number of hydrogen-bond donors (Lipinski definition) is 2. The molecule has 0 bridgehead atoms. The number of benzene rings is 1. The smallest absolute Gasteiger partial charge is 0.254 e. The van der Waals surface area contributed by atoms with E-state index in [1.807, 2.05) is 18.7 Å². The molecule has 1 spiro atoms. The molecule has 2 aliphatic rings. The van der Waals surface area contributed by atoms with Crippen molar-refractivity contribution in [2.75, 3.05) is 19.7 Å². The van der Waals surface area contributed by atoms with Gasteiger partial charge in [0, 0.05) is 25.1 Å². The Kier molecular flexibility index (Phi) is 4.10. The number of piperidine rings is 1. The quantitative estimate of drug-likeness (QED) is 0.833. The first kappa shape index (κ1) is 16.3. The molecule has 1 atom stereocenters. The highest BCUT2D eigenvalue weighted by atomic mass is 16.5. The van der Waals surface area contributed by atoms with Crippen LogP contribution in [0.1, 0.15) is 48.5 Å². The van der Waals surface area contributed by atoms with Gasteiger partial charge in [0.05, 0.1) is 17.8 Å². The lowest BCUT2D eigenvalue weighted by Gasteiger charge is -2.48. The first-order valence-corrected chi connectivity index (χ1v) is 8.26. The number of phenolic OH excluding ortho intramolecular Hbond substituents is 1. The molecule has 0 aliphatic carbocycles. The lowest BCUT2D eigenvalue weighted by molar-refractivity contribution is -0.170. The minimum atomic E-state index is -0.669. The monoisotopic (exact) mass is 319 g/mol. The van der Waals surface area contributed by atoms with E-state index in [2.05, 4.69) is 0 Å². The molecule has 0 saturated carbocycles. The summed E-state index contributed by atoms with van der Waals surface area (Å²) in [5.74, 6) is 0.175. The number of rotatable bonds is 1. The first-order chi connectivity index (χ1) is 10.8. The Hall–Kier alpha value is -1.59. The van der Waals surface area contributed by atoms with E-state index in [1.165, 1.54) is 0 Å². The third kappa shape index (κ3) is 3.35. The largest absolute Gasteiger partial charge is 0.508 e. The zero-order valence-electron chi connectivity index (χ0n) is 13.8. The molecule has 2 fully saturated rings. The lowest BCUT2D eigenvalue weighted by Crippen LogP contribution is -2.54. The standard InChI is InChI=1S/C18H25NO4/c1-13-11-14(20)3-4-15(13)16(21)19-8-5-18(6-9-19)12-17(2,22)7-10-23-18/h3-4,11,20,22H,5-10,12H2,1-2H3. The predicted octanol–water partition coefficient (Wildman–Crippen LogP) is 2.24. The van der Waals surface area contributed by atoms with Gasteiger partial charge in [0.25, 0.3) is 5.91 Å². The van der Waals surface area contributed by atoms with Crippen LogP contribution in [-0.4, -0.2) is 51.9 Å². The van der Waals surface area contributed by atoms with Crippen LogP contribution >= 0.6 is 0 Å². The van der Waals surface area contributed by atoms with E-state index >= 15 is 0 Å². The summed E-state index contributed by atoms with van der Waals surface area (Å²) in [4.78, 5) is 14.5. The van der Waals surface area contributed by atoms with Crippen LogP contribution in [0.4, 0.5) is 0 Å². The Morgan fingerprint density at radius 2 is 1.96 bits per heavy atom. The zero-order chi connectivity index (χ0) is 16.7. The molecule has 1 amide bonds. The zero-order valence-corrected chi connectivity index (χ0v) is 13.8. The van der Waals surface area contributed by atoms with Crippen molar-refractivity contribution < 1.29 is 19.7 Å². The second-order valence-corrected chi connectivity index (χ2v) is 7.25. The molecule has 1 unspecified atom stereocenters. The summed E-state index contributed by atoms with van der Waals surface area (Å²) in [5.41, 5.74) is 0.461. The van der Waals surface area contributed by atoms with Crippen LogP contribution in [0.15, 0.2) is 18.2 Å². The van der Waals surface area contributed by atoms with Crippen molar-refractivity contribution >= 4 is 5.91 Å². The Bertz CT molecular complexity index is 603. The number of ether oxygens (including phenoxy) is 1. The Morgan fingerprint density at radius 1 is 1.26 bits per heavy atom. The fourth-order valence-corrected chi connectivity index (χ4v) is 3.82. The van der Waals surface area contributed by atoms with E-state index in [0.717, 1.165) is 18.4 Å². The van der Waals surface area contributed by atoms with Crippen LogP contribution in [0, 0.1) is 6.92 Å². The number of likely N-dealkylation sites (tertiary alicyclic amines) is 1. The molecule has 23 heavy (non-hydrogen) atoms. The topological polar surface area (TPSA) is 70.0 Å². The molecular weight excluding hydrogens is 294 g/mol. The molecule has 3 rings (SSSR count). The van der Waals surface area contributed by atoms with Gasteiger partial charge in [0.2, 0.25) is 0 Å². The maximum Gasteiger partial charge on any atom is 0.254 e. The maximum atomic E-state index is 12.7. The average molecular weight is 319 g/mol. The highest BCUT2D eigenvalue weighted by molar-refractivity contribution is 5.95. The van der Waals surface area contributed by atoms with Crippen molar-refractivity contribution in [1.29, 1.82) is 0 Å². The van der Waals surface area contributed by atoms with E-state index in [4.69, 9.17) is 4.74 Å². The molecule has 2 aliphatic heterocycles. The van der Waals surface area contributed by atoms with Crippen molar-refractivity contribution in [3.05, 3.63) is 29.3 Å².